The Labute approximate surface area is 110 Å². The van der Waals surface area contributed by atoms with Crippen LogP contribution in [0.15, 0.2) is 18.2 Å². The van der Waals surface area contributed by atoms with Crippen LogP contribution in [0, 0.1) is 11.7 Å². The Morgan fingerprint density at radius 2 is 2.06 bits per heavy atom. The van der Waals surface area contributed by atoms with Crippen LogP contribution in [0.1, 0.15) is 38.7 Å². The van der Waals surface area contributed by atoms with Crippen molar-refractivity contribution in [3.05, 3.63) is 29.6 Å². The van der Waals surface area contributed by atoms with Crippen LogP contribution >= 0.6 is 0 Å². The predicted octanol–water partition coefficient (Wildman–Crippen LogP) is 3.57. The molecule has 0 bridgehead atoms. The van der Waals surface area contributed by atoms with Gasteiger partial charge in [-0.15, -0.1) is 0 Å². The summed E-state index contributed by atoms with van der Waals surface area (Å²) in [5.74, 6) is 0.831. The molecule has 3 heteroatoms. The Balaban J connectivity index is 2.65. The van der Waals surface area contributed by atoms with E-state index in [1.807, 2.05) is 6.07 Å². The average molecular weight is 253 g/mol. The Kier molecular flexibility index (Phi) is 6.13. The van der Waals surface area contributed by atoms with Crippen molar-refractivity contribution in [2.45, 2.75) is 33.1 Å². The van der Waals surface area contributed by atoms with Crippen molar-refractivity contribution < 1.29 is 9.13 Å². The molecular weight excluding hydrogens is 229 g/mol. The van der Waals surface area contributed by atoms with Crippen LogP contribution < -0.4 is 10.1 Å². The van der Waals surface area contributed by atoms with Gasteiger partial charge in [0.15, 0.2) is 11.6 Å². The van der Waals surface area contributed by atoms with E-state index in [1.54, 1.807) is 12.1 Å². The molecule has 0 spiro atoms. The van der Waals surface area contributed by atoms with Crippen LogP contribution in [-0.4, -0.2) is 20.2 Å². The van der Waals surface area contributed by atoms with E-state index in [0.29, 0.717) is 17.6 Å². The summed E-state index contributed by atoms with van der Waals surface area (Å²) < 4.78 is 18.6. The first-order chi connectivity index (χ1) is 8.60. The molecule has 0 saturated carbocycles. The predicted molar refractivity (Wildman–Crippen MR) is 73.7 cm³/mol. The highest BCUT2D eigenvalue weighted by atomic mass is 19.1. The van der Waals surface area contributed by atoms with Gasteiger partial charge in [-0.25, -0.2) is 4.39 Å². The fraction of sp³-hybridized carbons (Fsp3) is 0.600. The van der Waals surface area contributed by atoms with Gasteiger partial charge in [0.05, 0.1) is 7.11 Å². The second kappa shape index (κ2) is 7.37. The van der Waals surface area contributed by atoms with Gasteiger partial charge < -0.3 is 10.1 Å². The van der Waals surface area contributed by atoms with Crippen LogP contribution in [0.25, 0.3) is 0 Å². The number of nitrogens with one attached hydrogen (secondary N) is 1. The van der Waals surface area contributed by atoms with Gasteiger partial charge in [-0.2, -0.15) is 0 Å². The van der Waals surface area contributed by atoms with Gasteiger partial charge in [-0.3, -0.25) is 0 Å². The molecule has 0 radical (unpaired) electrons. The zero-order valence-electron chi connectivity index (χ0n) is 11.8. The van der Waals surface area contributed by atoms with E-state index in [0.717, 1.165) is 25.1 Å². The van der Waals surface area contributed by atoms with Gasteiger partial charge in [-0.1, -0.05) is 26.8 Å². The summed E-state index contributed by atoms with van der Waals surface area (Å²) in [4.78, 5) is 0. The normalized spacial score (nSPS) is 14.3. The van der Waals surface area contributed by atoms with Crippen molar-refractivity contribution in [1.82, 2.24) is 5.32 Å². The highest BCUT2D eigenvalue weighted by Gasteiger charge is 2.15. The number of hydrogen-bond acceptors (Lipinski definition) is 2. The smallest absolute Gasteiger partial charge is 0.165 e. The molecule has 0 aliphatic heterocycles. The number of rotatable bonds is 7. The van der Waals surface area contributed by atoms with E-state index < -0.39 is 0 Å². The summed E-state index contributed by atoms with van der Waals surface area (Å²) >= 11 is 0. The molecule has 2 unspecified atom stereocenters. The summed E-state index contributed by atoms with van der Waals surface area (Å²) in [6.07, 6.45) is 1.14. The van der Waals surface area contributed by atoms with Crippen molar-refractivity contribution in [2.24, 2.45) is 5.92 Å². The molecule has 0 aromatic heterocycles. The maximum Gasteiger partial charge on any atom is 0.165 e. The quantitative estimate of drug-likeness (QED) is 0.750. The molecule has 0 aliphatic rings. The van der Waals surface area contributed by atoms with Gasteiger partial charge in [0, 0.05) is 0 Å². The molecule has 2 atom stereocenters. The average Bonchev–Trinajstić information content (AvgIpc) is 2.38. The first-order valence-corrected chi connectivity index (χ1v) is 6.64. The molecule has 1 aromatic rings. The minimum atomic E-state index is -0.282. The molecule has 0 aliphatic carbocycles. The third-order valence-corrected chi connectivity index (χ3v) is 3.45. The molecule has 0 amide bonds. The first kappa shape index (κ1) is 15.0. The van der Waals surface area contributed by atoms with E-state index >= 15 is 0 Å². The molecule has 102 valence electrons. The first-order valence-electron chi connectivity index (χ1n) is 6.64. The monoisotopic (exact) mass is 253 g/mol. The molecule has 1 rings (SSSR count). The number of hydrogen-bond donors (Lipinski definition) is 1. The SMILES string of the molecule is CCCNCC(C)C(C)c1ccc(OC)c(F)c1. The van der Waals surface area contributed by atoms with Crippen LogP contribution in [-0.2, 0) is 0 Å². The van der Waals surface area contributed by atoms with E-state index in [1.165, 1.54) is 7.11 Å². The molecule has 1 aromatic carbocycles. The molecule has 18 heavy (non-hydrogen) atoms. The number of ether oxygens (including phenoxy) is 1. The fourth-order valence-electron chi connectivity index (χ4n) is 1.98. The Morgan fingerprint density at radius 1 is 1.33 bits per heavy atom. The maximum atomic E-state index is 13.6. The number of halogens is 1. The molecular formula is C15H24FNO. The standard InChI is InChI=1S/C15H24FNO/c1-5-8-17-10-11(2)12(3)13-6-7-15(18-4)14(16)9-13/h6-7,9,11-12,17H,5,8,10H2,1-4H3. The second-order valence-corrected chi connectivity index (χ2v) is 4.86. The largest absolute Gasteiger partial charge is 0.494 e. The van der Waals surface area contributed by atoms with Crippen LogP contribution in [0.3, 0.4) is 0 Å². The van der Waals surface area contributed by atoms with Gasteiger partial charge in [0.2, 0.25) is 0 Å². The topological polar surface area (TPSA) is 21.3 Å². The van der Waals surface area contributed by atoms with Gasteiger partial charge in [0.1, 0.15) is 0 Å². The van der Waals surface area contributed by atoms with Crippen molar-refractivity contribution in [3.8, 4) is 5.75 Å². The molecule has 0 fully saturated rings. The molecule has 1 N–H and O–H groups in total. The van der Waals surface area contributed by atoms with Crippen molar-refractivity contribution in [3.63, 3.8) is 0 Å². The van der Waals surface area contributed by atoms with E-state index in [-0.39, 0.29) is 5.82 Å². The number of methoxy groups -OCH3 is 1. The van der Waals surface area contributed by atoms with Gasteiger partial charge in [0.25, 0.3) is 0 Å². The third-order valence-electron chi connectivity index (χ3n) is 3.45. The lowest BCUT2D eigenvalue weighted by molar-refractivity contribution is 0.384. The van der Waals surface area contributed by atoms with Crippen LogP contribution in [0.4, 0.5) is 4.39 Å². The lowest BCUT2D eigenvalue weighted by Gasteiger charge is -2.21. The molecule has 2 nitrogen and oxygen atoms in total. The van der Waals surface area contributed by atoms with E-state index in [2.05, 4.69) is 26.1 Å². The lowest BCUT2D eigenvalue weighted by Crippen LogP contribution is -2.25. The zero-order valence-corrected chi connectivity index (χ0v) is 11.8. The molecule has 0 heterocycles. The van der Waals surface area contributed by atoms with Crippen LogP contribution in [0.2, 0.25) is 0 Å². The molecule has 0 saturated heterocycles. The summed E-state index contributed by atoms with van der Waals surface area (Å²) in [6.45, 7) is 8.48. The second-order valence-electron chi connectivity index (χ2n) is 4.86. The minimum Gasteiger partial charge on any atom is -0.494 e. The summed E-state index contributed by atoms with van der Waals surface area (Å²) in [5, 5.41) is 3.40. The van der Waals surface area contributed by atoms with E-state index in [9.17, 15) is 4.39 Å². The highest BCUT2D eigenvalue weighted by Crippen LogP contribution is 2.27. The fourth-order valence-corrected chi connectivity index (χ4v) is 1.98. The Morgan fingerprint density at radius 3 is 2.61 bits per heavy atom. The van der Waals surface area contributed by atoms with E-state index in [4.69, 9.17) is 4.74 Å². The summed E-state index contributed by atoms with van der Waals surface area (Å²) in [5.41, 5.74) is 1.03. The Bertz CT molecular complexity index is 368. The van der Waals surface area contributed by atoms with Crippen molar-refractivity contribution in [1.29, 1.82) is 0 Å². The van der Waals surface area contributed by atoms with Gasteiger partial charge in [-0.05, 0) is 49.0 Å². The number of benzene rings is 1. The lowest BCUT2D eigenvalue weighted by atomic mass is 9.88. The van der Waals surface area contributed by atoms with Gasteiger partial charge >= 0.3 is 0 Å². The summed E-state index contributed by atoms with van der Waals surface area (Å²) in [6, 6.07) is 5.23. The third kappa shape index (κ3) is 3.98. The van der Waals surface area contributed by atoms with Crippen molar-refractivity contribution in [2.75, 3.05) is 20.2 Å². The van der Waals surface area contributed by atoms with Crippen molar-refractivity contribution >= 4 is 0 Å². The highest BCUT2D eigenvalue weighted by molar-refractivity contribution is 5.31. The summed E-state index contributed by atoms with van der Waals surface area (Å²) in [7, 11) is 1.48. The van der Waals surface area contributed by atoms with Crippen LogP contribution in [0.5, 0.6) is 5.75 Å². The zero-order chi connectivity index (χ0) is 13.5. The maximum absolute atomic E-state index is 13.6. The Hall–Kier alpha value is -1.09. The minimum absolute atomic E-state index is 0.282.